The van der Waals surface area contributed by atoms with E-state index in [1.807, 2.05) is 29.2 Å². The van der Waals surface area contributed by atoms with Gasteiger partial charge in [0.25, 0.3) is 0 Å². The zero-order valence-electron chi connectivity index (χ0n) is 13.5. The van der Waals surface area contributed by atoms with Crippen LogP contribution in [0.5, 0.6) is 0 Å². The van der Waals surface area contributed by atoms with Crippen LogP contribution in [0.3, 0.4) is 0 Å². The van der Waals surface area contributed by atoms with Gasteiger partial charge in [0.15, 0.2) is 0 Å². The lowest BCUT2D eigenvalue weighted by Crippen LogP contribution is -2.51. The van der Waals surface area contributed by atoms with E-state index in [1.54, 1.807) is 11.8 Å². The molecule has 130 valence electrons. The molecule has 1 aromatic rings. The Kier molecular flexibility index (Phi) is 6.19. The highest BCUT2D eigenvalue weighted by molar-refractivity contribution is 9.10. The predicted molar refractivity (Wildman–Crippen MR) is 99.1 cm³/mol. The first-order chi connectivity index (χ1) is 11.6. The summed E-state index contributed by atoms with van der Waals surface area (Å²) in [6, 6.07) is 8.41. The molecule has 1 saturated carbocycles. The predicted octanol–water partition coefficient (Wildman–Crippen LogP) is 1.96. The van der Waals surface area contributed by atoms with Crippen LogP contribution in [0.4, 0.5) is 0 Å². The molecule has 1 heterocycles. The monoisotopic (exact) mass is 411 g/mol. The highest BCUT2D eigenvalue weighted by Crippen LogP contribution is 2.21. The van der Waals surface area contributed by atoms with Crippen molar-refractivity contribution < 1.29 is 9.59 Å². The minimum absolute atomic E-state index is 0.114. The molecule has 7 heteroatoms. The summed E-state index contributed by atoms with van der Waals surface area (Å²) in [4.78, 5) is 29.3. The van der Waals surface area contributed by atoms with Crippen molar-refractivity contribution in [3.63, 3.8) is 0 Å². The van der Waals surface area contributed by atoms with E-state index in [9.17, 15) is 9.59 Å². The number of halogens is 1. The van der Waals surface area contributed by atoms with Crippen LogP contribution >= 0.6 is 27.7 Å². The first-order valence-electron chi connectivity index (χ1n) is 8.28. The summed E-state index contributed by atoms with van der Waals surface area (Å²) >= 11 is 4.98. The van der Waals surface area contributed by atoms with Crippen molar-refractivity contribution in [2.24, 2.45) is 0 Å². The summed E-state index contributed by atoms with van der Waals surface area (Å²) in [5.41, 5.74) is 0. The molecule has 2 amide bonds. The first-order valence-corrected chi connectivity index (χ1v) is 10.1. The van der Waals surface area contributed by atoms with Crippen LogP contribution in [0, 0.1) is 0 Å². The van der Waals surface area contributed by atoms with Gasteiger partial charge in [0, 0.05) is 41.6 Å². The van der Waals surface area contributed by atoms with E-state index in [4.69, 9.17) is 0 Å². The van der Waals surface area contributed by atoms with Crippen molar-refractivity contribution in [1.29, 1.82) is 0 Å². The second kappa shape index (κ2) is 8.36. The number of nitrogens with zero attached hydrogens (tertiary/aromatic N) is 2. The fourth-order valence-electron chi connectivity index (χ4n) is 2.63. The second-order valence-corrected chi connectivity index (χ2v) is 8.21. The lowest BCUT2D eigenvalue weighted by atomic mass is 10.3. The molecule has 0 radical (unpaired) electrons. The van der Waals surface area contributed by atoms with E-state index in [1.165, 1.54) is 0 Å². The Labute approximate surface area is 155 Å². The number of piperazine rings is 1. The second-order valence-electron chi connectivity index (χ2n) is 6.24. The summed E-state index contributed by atoms with van der Waals surface area (Å²) < 4.78 is 1.04. The largest absolute Gasteiger partial charge is 0.352 e. The van der Waals surface area contributed by atoms with Gasteiger partial charge in [-0.25, -0.2) is 0 Å². The normalized spacial score (nSPS) is 18.5. The van der Waals surface area contributed by atoms with Crippen molar-refractivity contribution in [2.75, 3.05) is 38.5 Å². The zero-order chi connectivity index (χ0) is 16.9. The van der Waals surface area contributed by atoms with Crippen LogP contribution in [0.25, 0.3) is 0 Å². The van der Waals surface area contributed by atoms with E-state index >= 15 is 0 Å². The minimum atomic E-state index is 0.114. The van der Waals surface area contributed by atoms with E-state index in [0.717, 1.165) is 35.3 Å². The maximum absolute atomic E-state index is 12.3. The Morgan fingerprint density at radius 1 is 1.12 bits per heavy atom. The summed E-state index contributed by atoms with van der Waals surface area (Å²) in [5.74, 6) is 0.747. The number of rotatable bonds is 6. The molecule has 24 heavy (non-hydrogen) atoms. The maximum Gasteiger partial charge on any atom is 0.234 e. The lowest BCUT2D eigenvalue weighted by molar-refractivity contribution is -0.130. The Morgan fingerprint density at radius 2 is 1.79 bits per heavy atom. The number of amides is 2. The lowest BCUT2D eigenvalue weighted by Gasteiger charge is -2.34. The van der Waals surface area contributed by atoms with Gasteiger partial charge >= 0.3 is 0 Å². The Hall–Kier alpha value is -1.05. The molecular weight excluding hydrogens is 390 g/mol. The zero-order valence-corrected chi connectivity index (χ0v) is 15.9. The van der Waals surface area contributed by atoms with Crippen molar-refractivity contribution >= 4 is 39.5 Å². The average Bonchev–Trinajstić information content (AvgIpc) is 3.38. The molecule has 1 aliphatic heterocycles. The highest BCUT2D eigenvalue weighted by atomic mass is 79.9. The van der Waals surface area contributed by atoms with Gasteiger partial charge in [0.2, 0.25) is 11.8 Å². The van der Waals surface area contributed by atoms with Gasteiger partial charge in [-0.05, 0) is 37.1 Å². The van der Waals surface area contributed by atoms with Crippen molar-refractivity contribution in [3.05, 3.63) is 28.7 Å². The minimum Gasteiger partial charge on any atom is -0.352 e. The Balaban J connectivity index is 1.36. The molecule has 0 atom stereocenters. The van der Waals surface area contributed by atoms with Gasteiger partial charge in [-0.2, -0.15) is 0 Å². The topological polar surface area (TPSA) is 52.7 Å². The molecule has 1 N–H and O–H groups in total. The van der Waals surface area contributed by atoms with Gasteiger partial charge < -0.3 is 10.2 Å². The molecule has 5 nitrogen and oxygen atoms in total. The summed E-state index contributed by atoms with van der Waals surface area (Å²) in [5, 5.41) is 3.01. The molecule has 3 rings (SSSR count). The molecule has 0 aromatic heterocycles. The van der Waals surface area contributed by atoms with Gasteiger partial charge in [-0.3, -0.25) is 14.5 Å². The van der Waals surface area contributed by atoms with E-state index < -0.39 is 0 Å². The molecule has 2 fully saturated rings. The van der Waals surface area contributed by atoms with E-state index in [0.29, 0.717) is 31.4 Å². The number of thioether (sulfide) groups is 1. The maximum atomic E-state index is 12.3. The van der Waals surface area contributed by atoms with E-state index in [2.05, 4.69) is 26.1 Å². The number of hydrogen-bond donors (Lipinski definition) is 1. The van der Waals surface area contributed by atoms with Gasteiger partial charge in [-0.15, -0.1) is 11.8 Å². The van der Waals surface area contributed by atoms with Crippen LogP contribution in [0.15, 0.2) is 33.6 Å². The molecule has 1 saturated heterocycles. The number of benzene rings is 1. The molecule has 1 aromatic carbocycles. The molecule has 0 unspecified atom stereocenters. The summed E-state index contributed by atoms with van der Waals surface area (Å²) in [6.45, 7) is 3.40. The third-order valence-corrected chi connectivity index (χ3v) is 5.74. The van der Waals surface area contributed by atoms with Crippen LogP contribution in [0.2, 0.25) is 0 Å². The van der Waals surface area contributed by atoms with Crippen LogP contribution in [-0.2, 0) is 9.59 Å². The van der Waals surface area contributed by atoms with Crippen molar-refractivity contribution in [1.82, 2.24) is 15.1 Å². The summed E-state index contributed by atoms with van der Waals surface area (Å²) in [6.07, 6.45) is 2.23. The fraction of sp³-hybridized carbons (Fsp3) is 0.529. The average molecular weight is 412 g/mol. The highest BCUT2D eigenvalue weighted by Gasteiger charge is 2.26. The smallest absolute Gasteiger partial charge is 0.234 e. The first kappa shape index (κ1) is 17.8. The summed E-state index contributed by atoms with van der Waals surface area (Å²) in [7, 11) is 0. The third-order valence-electron chi connectivity index (χ3n) is 4.21. The molecule has 0 spiro atoms. The molecule has 1 aliphatic carbocycles. The quantitative estimate of drug-likeness (QED) is 0.726. The van der Waals surface area contributed by atoms with Crippen LogP contribution in [0.1, 0.15) is 12.8 Å². The van der Waals surface area contributed by atoms with Crippen LogP contribution in [-0.4, -0.2) is 66.1 Å². The molecule has 2 aliphatic rings. The Bertz CT molecular complexity index is 584. The van der Waals surface area contributed by atoms with Gasteiger partial charge in [0.1, 0.15) is 0 Å². The number of carbonyl (C=O) groups excluding carboxylic acids is 2. The SMILES string of the molecule is O=C(CN1CCN(C(=O)CSc2ccc(Br)cc2)CC1)NC1CC1. The van der Waals surface area contributed by atoms with E-state index in [-0.39, 0.29) is 11.8 Å². The molecular formula is C17H22BrN3O2S. The number of hydrogen-bond acceptors (Lipinski definition) is 4. The van der Waals surface area contributed by atoms with Crippen molar-refractivity contribution in [2.45, 2.75) is 23.8 Å². The standard InChI is InChI=1S/C17H22BrN3O2S/c18-13-1-5-15(6-2-13)24-12-17(23)21-9-7-20(8-10-21)11-16(22)19-14-3-4-14/h1-2,5-6,14H,3-4,7-12H2,(H,19,22). The molecule has 0 bridgehead atoms. The number of nitrogens with one attached hydrogen (secondary N) is 1. The number of carbonyl (C=O) groups is 2. The van der Waals surface area contributed by atoms with Crippen molar-refractivity contribution in [3.8, 4) is 0 Å². The Morgan fingerprint density at radius 3 is 2.42 bits per heavy atom. The van der Waals surface area contributed by atoms with Gasteiger partial charge in [0.05, 0.1) is 12.3 Å². The van der Waals surface area contributed by atoms with Gasteiger partial charge in [-0.1, -0.05) is 15.9 Å². The fourth-order valence-corrected chi connectivity index (χ4v) is 3.69. The third kappa shape index (κ3) is 5.50. The van der Waals surface area contributed by atoms with Crippen LogP contribution < -0.4 is 5.32 Å².